The largest absolute Gasteiger partial charge is 0.369 e. The number of aryl methyl sites for hydroxylation is 1. The van der Waals surface area contributed by atoms with E-state index in [9.17, 15) is 13.2 Å². The Morgan fingerprint density at radius 3 is 2.65 bits per heavy atom. The molecule has 1 fully saturated rings. The van der Waals surface area contributed by atoms with Crippen molar-refractivity contribution in [2.75, 3.05) is 28.8 Å². The van der Waals surface area contributed by atoms with Gasteiger partial charge in [-0.15, -0.1) is 0 Å². The number of pyridine rings is 1. The molecule has 1 aliphatic heterocycles. The number of anilines is 2. The molecule has 8 heteroatoms. The van der Waals surface area contributed by atoms with Gasteiger partial charge < -0.3 is 10.2 Å². The van der Waals surface area contributed by atoms with Crippen molar-refractivity contribution in [3.05, 3.63) is 52.8 Å². The van der Waals surface area contributed by atoms with Crippen molar-refractivity contribution in [1.29, 1.82) is 0 Å². The van der Waals surface area contributed by atoms with Crippen LogP contribution in [0.25, 0.3) is 0 Å². The fraction of sp³-hybridized carbons (Fsp3) is 0.333. The Hall–Kier alpha value is -2.12. The Labute approximate surface area is 158 Å². The summed E-state index contributed by atoms with van der Waals surface area (Å²) in [5.41, 5.74) is 2.62. The van der Waals surface area contributed by atoms with Crippen LogP contribution in [-0.2, 0) is 9.84 Å². The number of nitrogens with zero attached hydrogens (tertiary/aromatic N) is 2. The molecular formula is C18H20ClN3O3S. The minimum absolute atomic E-state index is 0.0572. The van der Waals surface area contributed by atoms with Crippen LogP contribution in [0.2, 0.25) is 5.02 Å². The highest BCUT2D eigenvalue weighted by Gasteiger charge is 2.30. The number of hydrogen-bond donors (Lipinski definition) is 1. The standard InChI is InChI=1S/C18H20ClN3O3S/c1-12-9-13(19)3-5-16(12)21-18(23)17-6-4-14(10-20-17)22(2)15-7-8-26(24,25)11-15/h3-6,9-10,15H,7-8,11H2,1-2H3,(H,21,23). The molecule has 2 aromatic rings. The molecule has 1 atom stereocenters. The Balaban J connectivity index is 1.70. The molecule has 26 heavy (non-hydrogen) atoms. The summed E-state index contributed by atoms with van der Waals surface area (Å²) in [6, 6.07) is 8.59. The fourth-order valence-corrected chi connectivity index (χ4v) is 4.98. The molecule has 0 aliphatic carbocycles. The van der Waals surface area contributed by atoms with E-state index < -0.39 is 9.84 Å². The lowest BCUT2D eigenvalue weighted by Crippen LogP contribution is -2.32. The molecule has 6 nitrogen and oxygen atoms in total. The highest BCUT2D eigenvalue weighted by molar-refractivity contribution is 7.91. The Morgan fingerprint density at radius 1 is 1.31 bits per heavy atom. The summed E-state index contributed by atoms with van der Waals surface area (Å²) in [5, 5.41) is 3.43. The Morgan fingerprint density at radius 2 is 2.08 bits per heavy atom. The first-order valence-electron chi connectivity index (χ1n) is 8.22. The van der Waals surface area contributed by atoms with Crippen LogP contribution in [0.1, 0.15) is 22.5 Å². The summed E-state index contributed by atoms with van der Waals surface area (Å²) in [7, 11) is -1.10. The van der Waals surface area contributed by atoms with E-state index in [0.29, 0.717) is 17.1 Å². The summed E-state index contributed by atoms with van der Waals surface area (Å²) in [6.45, 7) is 1.86. The second-order valence-corrected chi connectivity index (χ2v) is 9.15. The maximum Gasteiger partial charge on any atom is 0.274 e. The number of rotatable bonds is 4. The van der Waals surface area contributed by atoms with Gasteiger partial charge in [0.25, 0.3) is 5.91 Å². The van der Waals surface area contributed by atoms with Gasteiger partial charge in [-0.25, -0.2) is 13.4 Å². The first kappa shape index (κ1) is 18.7. The molecular weight excluding hydrogens is 374 g/mol. The van der Waals surface area contributed by atoms with Gasteiger partial charge in [0.05, 0.1) is 23.4 Å². The molecule has 3 rings (SSSR count). The summed E-state index contributed by atoms with van der Waals surface area (Å²) in [4.78, 5) is 18.5. The predicted molar refractivity (Wildman–Crippen MR) is 104 cm³/mol. The maximum atomic E-state index is 12.4. The van der Waals surface area contributed by atoms with E-state index in [1.807, 2.05) is 18.9 Å². The maximum absolute atomic E-state index is 12.4. The van der Waals surface area contributed by atoms with Crippen molar-refractivity contribution in [2.24, 2.45) is 0 Å². The van der Waals surface area contributed by atoms with E-state index in [1.54, 1.807) is 36.5 Å². The monoisotopic (exact) mass is 393 g/mol. The molecule has 0 radical (unpaired) electrons. The normalized spacial score (nSPS) is 18.5. The van der Waals surface area contributed by atoms with Gasteiger partial charge in [0.1, 0.15) is 5.69 Å². The van der Waals surface area contributed by atoms with Crippen molar-refractivity contribution in [1.82, 2.24) is 4.98 Å². The molecule has 1 aromatic carbocycles. The van der Waals surface area contributed by atoms with Crippen LogP contribution in [0.4, 0.5) is 11.4 Å². The number of hydrogen-bond acceptors (Lipinski definition) is 5. The van der Waals surface area contributed by atoms with Gasteiger partial charge >= 0.3 is 0 Å². The average molecular weight is 394 g/mol. The van der Waals surface area contributed by atoms with Crippen molar-refractivity contribution in [3.63, 3.8) is 0 Å². The number of halogens is 1. The summed E-state index contributed by atoms with van der Waals surface area (Å²) >= 11 is 5.92. The zero-order valence-electron chi connectivity index (χ0n) is 14.6. The second-order valence-electron chi connectivity index (χ2n) is 6.48. The van der Waals surface area contributed by atoms with Gasteiger partial charge in [0.15, 0.2) is 9.84 Å². The Kier molecular flexibility index (Phi) is 5.20. The van der Waals surface area contributed by atoms with Crippen molar-refractivity contribution in [3.8, 4) is 0 Å². The van der Waals surface area contributed by atoms with E-state index >= 15 is 0 Å². The average Bonchev–Trinajstić information content (AvgIpc) is 2.97. The molecule has 1 N–H and O–H groups in total. The van der Waals surface area contributed by atoms with E-state index in [2.05, 4.69) is 10.3 Å². The number of amides is 1. The molecule has 1 amide bonds. The number of sulfone groups is 1. The first-order valence-corrected chi connectivity index (χ1v) is 10.4. The second kappa shape index (κ2) is 7.25. The van der Waals surface area contributed by atoms with E-state index in [0.717, 1.165) is 11.3 Å². The third kappa shape index (κ3) is 4.16. The molecule has 1 unspecified atom stereocenters. The van der Waals surface area contributed by atoms with Gasteiger partial charge in [0.2, 0.25) is 0 Å². The molecule has 1 aliphatic rings. The van der Waals surface area contributed by atoms with Crippen molar-refractivity contribution < 1.29 is 13.2 Å². The molecule has 0 bridgehead atoms. The van der Waals surface area contributed by atoms with Crippen LogP contribution in [0.5, 0.6) is 0 Å². The van der Waals surface area contributed by atoms with Gasteiger partial charge in [-0.3, -0.25) is 4.79 Å². The lowest BCUT2D eigenvalue weighted by atomic mass is 10.2. The van der Waals surface area contributed by atoms with Gasteiger partial charge in [0, 0.05) is 23.8 Å². The van der Waals surface area contributed by atoms with E-state index in [4.69, 9.17) is 11.6 Å². The molecule has 2 heterocycles. The fourth-order valence-electron chi connectivity index (χ4n) is 2.97. The van der Waals surface area contributed by atoms with Crippen LogP contribution < -0.4 is 10.2 Å². The topological polar surface area (TPSA) is 79.4 Å². The third-order valence-electron chi connectivity index (χ3n) is 4.58. The Bertz CT molecular complexity index is 929. The molecule has 138 valence electrons. The van der Waals surface area contributed by atoms with E-state index in [-0.39, 0.29) is 29.1 Å². The lowest BCUT2D eigenvalue weighted by molar-refractivity contribution is 0.102. The highest BCUT2D eigenvalue weighted by Crippen LogP contribution is 2.23. The highest BCUT2D eigenvalue weighted by atomic mass is 35.5. The molecule has 1 saturated heterocycles. The van der Waals surface area contributed by atoms with Crippen molar-refractivity contribution >= 4 is 38.7 Å². The van der Waals surface area contributed by atoms with Gasteiger partial charge in [-0.1, -0.05) is 11.6 Å². The van der Waals surface area contributed by atoms with E-state index in [1.165, 1.54) is 0 Å². The summed E-state index contributed by atoms with van der Waals surface area (Å²) < 4.78 is 23.3. The zero-order valence-corrected chi connectivity index (χ0v) is 16.1. The number of aromatic nitrogens is 1. The number of carbonyl (C=O) groups excluding carboxylic acids is 1. The summed E-state index contributed by atoms with van der Waals surface area (Å²) in [6.07, 6.45) is 2.20. The minimum Gasteiger partial charge on any atom is -0.369 e. The zero-order chi connectivity index (χ0) is 18.9. The minimum atomic E-state index is -2.95. The van der Waals surface area contributed by atoms with Crippen LogP contribution in [0.3, 0.4) is 0 Å². The predicted octanol–water partition coefficient (Wildman–Crippen LogP) is 2.92. The van der Waals surface area contributed by atoms with Crippen LogP contribution in [0.15, 0.2) is 36.5 Å². The molecule has 1 aromatic heterocycles. The number of benzene rings is 1. The lowest BCUT2D eigenvalue weighted by Gasteiger charge is -2.25. The quantitative estimate of drug-likeness (QED) is 0.863. The van der Waals surface area contributed by atoms with Crippen LogP contribution in [0, 0.1) is 6.92 Å². The third-order valence-corrected chi connectivity index (χ3v) is 6.57. The van der Waals surface area contributed by atoms with Crippen LogP contribution >= 0.6 is 11.6 Å². The van der Waals surface area contributed by atoms with Crippen molar-refractivity contribution in [2.45, 2.75) is 19.4 Å². The molecule has 0 spiro atoms. The van der Waals surface area contributed by atoms with Gasteiger partial charge in [-0.2, -0.15) is 0 Å². The molecule has 0 saturated carbocycles. The number of nitrogens with one attached hydrogen (secondary N) is 1. The van der Waals surface area contributed by atoms with Gasteiger partial charge in [-0.05, 0) is 49.2 Å². The smallest absolute Gasteiger partial charge is 0.274 e. The summed E-state index contributed by atoms with van der Waals surface area (Å²) in [5.74, 6) is 0.0610. The first-order chi connectivity index (χ1) is 12.2. The SMILES string of the molecule is Cc1cc(Cl)ccc1NC(=O)c1ccc(N(C)C2CCS(=O)(=O)C2)cn1. The number of carbonyl (C=O) groups is 1. The van der Waals surface area contributed by atoms with Crippen LogP contribution in [-0.4, -0.2) is 43.9 Å².